The van der Waals surface area contributed by atoms with Gasteiger partial charge in [-0.25, -0.2) is 0 Å². The average molecular weight is 479 g/mol. The molecule has 2 aromatic rings. The van der Waals surface area contributed by atoms with Gasteiger partial charge in [0.05, 0.1) is 24.1 Å². The standard InChI is InChI=1S/C26H34N6O3/c1-17(2)24(29-15-18(3)31-27)26(35)32-14-6-8-23(32)25(34)30-22(16-33)20-11-9-19(10-12-20)21-7-4-5-13-28-21/h4-5,7,9-13,15,17,22-24,33H,6,8,14,16,27H2,1-3H3,(H,30,34)/t22-,23-,24-/m0/s1. The summed E-state index contributed by atoms with van der Waals surface area (Å²) < 4.78 is 0. The molecule has 35 heavy (non-hydrogen) atoms. The molecular weight excluding hydrogens is 444 g/mol. The lowest BCUT2D eigenvalue weighted by atomic mass is 10.0. The van der Waals surface area contributed by atoms with E-state index in [0.717, 1.165) is 23.2 Å². The minimum Gasteiger partial charge on any atom is -0.394 e. The van der Waals surface area contributed by atoms with Crippen molar-refractivity contribution in [3.63, 3.8) is 0 Å². The van der Waals surface area contributed by atoms with Gasteiger partial charge < -0.3 is 21.2 Å². The summed E-state index contributed by atoms with van der Waals surface area (Å²) in [6.45, 7) is 5.76. The van der Waals surface area contributed by atoms with Gasteiger partial charge in [0.1, 0.15) is 12.1 Å². The second kappa shape index (κ2) is 12.2. The predicted molar refractivity (Wildman–Crippen MR) is 137 cm³/mol. The van der Waals surface area contributed by atoms with Crippen LogP contribution in [0.3, 0.4) is 0 Å². The highest BCUT2D eigenvalue weighted by atomic mass is 16.3. The molecule has 9 nitrogen and oxygen atoms in total. The smallest absolute Gasteiger partial charge is 0.248 e. The van der Waals surface area contributed by atoms with Gasteiger partial charge in [-0.15, -0.1) is 0 Å². The number of pyridine rings is 1. The number of nitrogens with two attached hydrogens (primary N) is 1. The van der Waals surface area contributed by atoms with E-state index in [-0.39, 0.29) is 24.3 Å². The molecule has 0 spiro atoms. The van der Waals surface area contributed by atoms with Gasteiger partial charge in [0.15, 0.2) is 0 Å². The Balaban J connectivity index is 1.71. The van der Waals surface area contributed by atoms with Gasteiger partial charge in [0, 0.05) is 24.5 Å². The molecule has 3 atom stereocenters. The first-order valence-electron chi connectivity index (χ1n) is 11.9. The molecule has 4 N–H and O–H groups in total. The minimum atomic E-state index is -0.632. The van der Waals surface area contributed by atoms with E-state index in [4.69, 9.17) is 5.84 Å². The van der Waals surface area contributed by atoms with Crippen LogP contribution in [-0.2, 0) is 9.59 Å². The fourth-order valence-corrected chi connectivity index (χ4v) is 4.14. The minimum absolute atomic E-state index is 0.0588. The number of likely N-dealkylation sites (tertiary alicyclic amines) is 1. The molecule has 0 radical (unpaired) electrons. The summed E-state index contributed by atoms with van der Waals surface area (Å²) in [4.78, 5) is 36.8. The maximum absolute atomic E-state index is 13.3. The maximum Gasteiger partial charge on any atom is 0.248 e. The molecule has 1 fully saturated rings. The van der Waals surface area contributed by atoms with Crippen molar-refractivity contribution in [1.29, 1.82) is 0 Å². The van der Waals surface area contributed by atoms with E-state index in [9.17, 15) is 14.7 Å². The molecule has 186 valence electrons. The number of hydrazone groups is 1. The van der Waals surface area contributed by atoms with Crippen LogP contribution in [0.15, 0.2) is 58.8 Å². The summed E-state index contributed by atoms with van der Waals surface area (Å²) >= 11 is 0. The van der Waals surface area contributed by atoms with Crippen LogP contribution >= 0.6 is 0 Å². The number of benzene rings is 1. The number of rotatable bonds is 9. The number of hydrogen-bond acceptors (Lipinski definition) is 7. The Morgan fingerprint density at radius 2 is 2.00 bits per heavy atom. The fourth-order valence-electron chi connectivity index (χ4n) is 4.14. The molecule has 1 aromatic carbocycles. The van der Waals surface area contributed by atoms with Gasteiger partial charge in [0.2, 0.25) is 11.8 Å². The van der Waals surface area contributed by atoms with Crippen molar-refractivity contribution < 1.29 is 14.7 Å². The summed E-state index contributed by atoms with van der Waals surface area (Å²) in [5.74, 6) is 4.73. The first-order chi connectivity index (χ1) is 16.8. The number of aromatic nitrogens is 1. The summed E-state index contributed by atoms with van der Waals surface area (Å²) in [5, 5.41) is 16.5. The number of hydrogen-bond donors (Lipinski definition) is 3. The van der Waals surface area contributed by atoms with Crippen molar-refractivity contribution in [3.8, 4) is 11.3 Å². The Hall–Kier alpha value is -3.59. The fraction of sp³-hybridized carbons (Fsp3) is 0.423. The monoisotopic (exact) mass is 478 g/mol. The van der Waals surface area contributed by atoms with Crippen LogP contribution in [-0.4, -0.2) is 64.0 Å². The molecular formula is C26H34N6O3. The lowest BCUT2D eigenvalue weighted by molar-refractivity contribution is -0.140. The zero-order chi connectivity index (χ0) is 25.4. The van der Waals surface area contributed by atoms with E-state index in [1.165, 1.54) is 6.21 Å². The van der Waals surface area contributed by atoms with Gasteiger partial charge in [-0.2, -0.15) is 5.10 Å². The highest BCUT2D eigenvalue weighted by molar-refractivity contribution is 6.29. The highest BCUT2D eigenvalue weighted by Gasteiger charge is 2.38. The molecule has 0 unspecified atom stereocenters. The van der Waals surface area contributed by atoms with Crippen molar-refractivity contribution in [3.05, 3.63) is 54.2 Å². The largest absolute Gasteiger partial charge is 0.394 e. The Morgan fingerprint density at radius 3 is 2.60 bits per heavy atom. The maximum atomic E-state index is 13.3. The van der Waals surface area contributed by atoms with Gasteiger partial charge in [-0.05, 0) is 43.4 Å². The molecule has 3 rings (SSSR count). The van der Waals surface area contributed by atoms with Crippen LogP contribution in [0.25, 0.3) is 11.3 Å². The number of aliphatic imine (C=N–C) groups is 1. The van der Waals surface area contributed by atoms with Gasteiger partial charge in [-0.3, -0.25) is 19.6 Å². The van der Waals surface area contributed by atoms with Crippen molar-refractivity contribution in [2.75, 3.05) is 13.2 Å². The van der Waals surface area contributed by atoms with Crippen molar-refractivity contribution in [1.82, 2.24) is 15.2 Å². The molecule has 1 saturated heterocycles. The highest BCUT2D eigenvalue weighted by Crippen LogP contribution is 2.24. The molecule has 2 heterocycles. The average Bonchev–Trinajstić information content (AvgIpc) is 3.37. The SMILES string of the molecule is CC(C=N[C@H](C(=O)N1CCC[C@H]1C(=O)N[C@@H](CO)c1ccc(-c2ccccn2)cc1)C(C)C)=NN. The third-order valence-corrected chi connectivity index (χ3v) is 6.12. The molecule has 0 saturated carbocycles. The van der Waals surface area contributed by atoms with Crippen LogP contribution < -0.4 is 11.2 Å². The molecule has 2 amide bonds. The second-order valence-corrected chi connectivity index (χ2v) is 9.01. The number of amides is 2. The zero-order valence-corrected chi connectivity index (χ0v) is 20.5. The third kappa shape index (κ3) is 6.51. The molecule has 1 aliphatic rings. The Labute approximate surface area is 206 Å². The van der Waals surface area contributed by atoms with Crippen LogP contribution in [0.2, 0.25) is 0 Å². The van der Waals surface area contributed by atoms with Crippen LogP contribution in [0.5, 0.6) is 0 Å². The van der Waals surface area contributed by atoms with E-state index in [0.29, 0.717) is 18.7 Å². The second-order valence-electron chi connectivity index (χ2n) is 9.01. The molecule has 0 bridgehead atoms. The topological polar surface area (TPSA) is 133 Å². The lowest BCUT2D eigenvalue weighted by Gasteiger charge is -2.29. The Morgan fingerprint density at radius 1 is 1.26 bits per heavy atom. The number of carbonyl (C=O) groups excluding carboxylic acids is 2. The first kappa shape index (κ1) is 26.0. The first-order valence-corrected chi connectivity index (χ1v) is 11.9. The van der Waals surface area contributed by atoms with Crippen molar-refractivity contribution in [2.24, 2.45) is 21.9 Å². The third-order valence-electron chi connectivity index (χ3n) is 6.12. The van der Waals surface area contributed by atoms with E-state index < -0.39 is 18.1 Å². The Kier molecular flexibility index (Phi) is 9.08. The zero-order valence-electron chi connectivity index (χ0n) is 20.5. The normalized spacial score (nSPS) is 18.1. The van der Waals surface area contributed by atoms with Crippen molar-refractivity contribution in [2.45, 2.75) is 51.7 Å². The number of nitrogens with zero attached hydrogens (tertiary/aromatic N) is 4. The lowest BCUT2D eigenvalue weighted by Crippen LogP contribution is -2.50. The van der Waals surface area contributed by atoms with E-state index in [1.807, 2.05) is 56.3 Å². The number of nitrogens with one attached hydrogen (secondary N) is 1. The van der Waals surface area contributed by atoms with E-state index in [2.05, 4.69) is 20.4 Å². The number of carbonyl (C=O) groups is 2. The predicted octanol–water partition coefficient (Wildman–Crippen LogP) is 2.32. The van der Waals surface area contributed by atoms with Crippen LogP contribution in [0, 0.1) is 5.92 Å². The van der Waals surface area contributed by atoms with Gasteiger partial charge >= 0.3 is 0 Å². The van der Waals surface area contributed by atoms with Gasteiger partial charge in [0.25, 0.3) is 0 Å². The summed E-state index contributed by atoms with van der Waals surface area (Å²) in [7, 11) is 0. The van der Waals surface area contributed by atoms with Crippen molar-refractivity contribution >= 4 is 23.7 Å². The summed E-state index contributed by atoms with van der Waals surface area (Å²) in [6, 6.07) is 11.4. The molecule has 1 aliphatic heterocycles. The van der Waals surface area contributed by atoms with Gasteiger partial charge in [-0.1, -0.05) is 44.2 Å². The molecule has 9 heteroatoms. The van der Waals surface area contributed by atoms with E-state index >= 15 is 0 Å². The molecule has 0 aliphatic carbocycles. The summed E-state index contributed by atoms with van der Waals surface area (Å²) in [6.07, 6.45) is 4.51. The van der Waals surface area contributed by atoms with Crippen LogP contribution in [0.4, 0.5) is 0 Å². The summed E-state index contributed by atoms with van der Waals surface area (Å²) in [5.41, 5.74) is 3.08. The quantitative estimate of drug-likeness (QED) is 0.289. The Bertz CT molecular complexity index is 1050. The number of aliphatic hydroxyl groups excluding tert-OH is 1. The molecule has 1 aromatic heterocycles. The number of aliphatic hydroxyl groups is 1. The van der Waals surface area contributed by atoms with E-state index in [1.54, 1.807) is 18.0 Å². The van der Waals surface area contributed by atoms with Crippen LogP contribution in [0.1, 0.15) is 45.2 Å².